The zero-order valence-electron chi connectivity index (χ0n) is 16.4. The SMILES string of the molecule is Nc1c(N=Nc2ccc(-c3cccs3)nc2)cc(S(=O)(=O)O)c2ccccc12.[H-].[Na+]. The molecule has 0 saturated carbocycles. The number of nitrogens with two attached hydrogens (primary N) is 1. The van der Waals surface area contributed by atoms with Crippen molar-refractivity contribution in [2.75, 3.05) is 5.73 Å². The molecular formula is C19H15N4NaO3S2. The molecule has 29 heavy (non-hydrogen) atoms. The van der Waals surface area contributed by atoms with Crippen LogP contribution < -0.4 is 35.3 Å². The van der Waals surface area contributed by atoms with Crippen LogP contribution in [0.3, 0.4) is 0 Å². The summed E-state index contributed by atoms with van der Waals surface area (Å²) in [4.78, 5) is 5.13. The summed E-state index contributed by atoms with van der Waals surface area (Å²) in [5, 5.41) is 10.9. The van der Waals surface area contributed by atoms with Crippen LogP contribution in [0.1, 0.15) is 1.43 Å². The van der Waals surface area contributed by atoms with Crippen LogP contribution in [0.25, 0.3) is 21.3 Å². The molecule has 0 radical (unpaired) electrons. The van der Waals surface area contributed by atoms with Gasteiger partial charge in [0.1, 0.15) is 16.3 Å². The zero-order chi connectivity index (χ0) is 19.7. The summed E-state index contributed by atoms with van der Waals surface area (Å²) in [6.45, 7) is 0. The monoisotopic (exact) mass is 434 g/mol. The molecule has 7 nitrogen and oxygen atoms in total. The van der Waals surface area contributed by atoms with Gasteiger partial charge in [-0.3, -0.25) is 9.54 Å². The summed E-state index contributed by atoms with van der Waals surface area (Å²) >= 11 is 1.59. The van der Waals surface area contributed by atoms with Gasteiger partial charge in [-0.1, -0.05) is 30.3 Å². The molecule has 2 aromatic carbocycles. The van der Waals surface area contributed by atoms with E-state index in [0.29, 0.717) is 16.5 Å². The smallest absolute Gasteiger partial charge is 1.00 e. The number of benzene rings is 2. The van der Waals surface area contributed by atoms with E-state index >= 15 is 0 Å². The van der Waals surface area contributed by atoms with E-state index in [1.807, 2.05) is 23.6 Å². The van der Waals surface area contributed by atoms with Crippen molar-refractivity contribution in [2.24, 2.45) is 10.2 Å². The number of thiophene rings is 1. The maximum absolute atomic E-state index is 11.8. The number of nitrogen functional groups attached to an aromatic ring is 1. The first kappa shape index (κ1) is 21.6. The molecule has 4 aromatic rings. The number of nitrogens with zero attached hydrogens (tertiary/aromatic N) is 3. The minimum atomic E-state index is -4.45. The molecule has 142 valence electrons. The van der Waals surface area contributed by atoms with Crippen molar-refractivity contribution >= 4 is 49.3 Å². The Morgan fingerprint density at radius 1 is 1.03 bits per heavy atom. The maximum Gasteiger partial charge on any atom is 1.00 e. The minimum absolute atomic E-state index is 0. The van der Waals surface area contributed by atoms with Gasteiger partial charge < -0.3 is 7.16 Å². The molecule has 0 atom stereocenters. The van der Waals surface area contributed by atoms with Crippen molar-refractivity contribution in [3.05, 3.63) is 66.2 Å². The van der Waals surface area contributed by atoms with Gasteiger partial charge in [0.15, 0.2) is 0 Å². The van der Waals surface area contributed by atoms with Crippen molar-refractivity contribution in [2.45, 2.75) is 4.90 Å². The second-order valence-corrected chi connectivity index (χ2v) is 8.24. The van der Waals surface area contributed by atoms with Crippen LogP contribution in [-0.4, -0.2) is 18.0 Å². The van der Waals surface area contributed by atoms with Crippen molar-refractivity contribution in [1.82, 2.24) is 4.98 Å². The predicted molar refractivity (Wildman–Crippen MR) is 111 cm³/mol. The first-order chi connectivity index (χ1) is 13.4. The molecule has 0 spiro atoms. The second kappa shape index (κ2) is 8.70. The molecule has 0 aliphatic heterocycles. The summed E-state index contributed by atoms with van der Waals surface area (Å²) in [5.74, 6) is 0. The van der Waals surface area contributed by atoms with Gasteiger partial charge in [0.05, 0.1) is 22.5 Å². The Morgan fingerprint density at radius 2 is 1.79 bits per heavy atom. The zero-order valence-corrected chi connectivity index (χ0v) is 19.0. The average Bonchev–Trinajstić information content (AvgIpc) is 3.22. The van der Waals surface area contributed by atoms with Gasteiger partial charge in [-0.25, -0.2) is 0 Å². The third-order valence-corrected chi connectivity index (χ3v) is 5.89. The van der Waals surface area contributed by atoms with Gasteiger partial charge >= 0.3 is 29.6 Å². The number of hydrogen-bond acceptors (Lipinski definition) is 7. The van der Waals surface area contributed by atoms with E-state index in [4.69, 9.17) is 5.73 Å². The van der Waals surface area contributed by atoms with E-state index in [0.717, 1.165) is 10.6 Å². The molecule has 10 heteroatoms. The molecule has 3 N–H and O–H groups in total. The first-order valence-electron chi connectivity index (χ1n) is 8.14. The number of hydrogen-bond donors (Lipinski definition) is 2. The summed E-state index contributed by atoms with van der Waals surface area (Å²) in [6.07, 6.45) is 1.57. The Morgan fingerprint density at radius 3 is 2.41 bits per heavy atom. The van der Waals surface area contributed by atoms with E-state index in [-0.39, 0.29) is 47.3 Å². The molecule has 0 bridgehead atoms. The normalized spacial score (nSPS) is 11.6. The standard InChI is InChI=1S/C19H14N4O3S2.Na.H/c20-19-14-5-2-1-4-13(14)18(28(24,25)26)10-16(19)23-22-12-7-8-15(21-11-12)17-6-3-9-27-17;;/h1-11H,20H2,(H,24,25,26);;/q;+1;-1. The van der Waals surface area contributed by atoms with Crippen molar-refractivity contribution in [1.29, 1.82) is 0 Å². The molecule has 0 fully saturated rings. The predicted octanol–water partition coefficient (Wildman–Crippen LogP) is 2.32. The second-order valence-electron chi connectivity index (χ2n) is 5.91. The molecule has 0 aliphatic carbocycles. The Hall–Kier alpha value is -2.14. The quantitative estimate of drug-likeness (QED) is 0.221. The molecule has 2 heterocycles. The summed E-state index contributed by atoms with van der Waals surface area (Å²) in [6, 6.07) is 15.3. The van der Waals surface area contributed by atoms with E-state index in [1.54, 1.807) is 47.9 Å². The molecular weight excluding hydrogens is 419 g/mol. The molecule has 4 rings (SSSR count). The topological polar surface area (TPSA) is 118 Å². The van der Waals surface area contributed by atoms with E-state index in [9.17, 15) is 13.0 Å². The van der Waals surface area contributed by atoms with Gasteiger partial charge in [0.2, 0.25) is 0 Å². The third kappa shape index (κ3) is 4.55. The van der Waals surface area contributed by atoms with Crippen molar-refractivity contribution < 1.29 is 44.0 Å². The summed E-state index contributed by atoms with van der Waals surface area (Å²) in [7, 11) is -4.45. The Bertz CT molecular complexity index is 1300. The minimum Gasteiger partial charge on any atom is -1.00 e. The van der Waals surface area contributed by atoms with Crippen LogP contribution >= 0.6 is 11.3 Å². The number of fused-ring (bicyclic) bond motifs is 1. The number of pyridine rings is 1. The number of azo groups is 1. The maximum atomic E-state index is 11.8. The van der Waals surface area contributed by atoms with Crippen LogP contribution in [0.15, 0.2) is 81.3 Å². The van der Waals surface area contributed by atoms with Crippen LogP contribution in [-0.2, 0) is 10.1 Å². The summed E-state index contributed by atoms with van der Waals surface area (Å²) in [5.41, 5.74) is 7.87. The fourth-order valence-corrected chi connectivity index (χ4v) is 4.19. The van der Waals surface area contributed by atoms with Gasteiger partial charge in [0, 0.05) is 10.8 Å². The van der Waals surface area contributed by atoms with Crippen LogP contribution in [0.2, 0.25) is 0 Å². The Labute approximate surface area is 194 Å². The number of aromatic nitrogens is 1. The van der Waals surface area contributed by atoms with Gasteiger partial charge in [0.25, 0.3) is 10.1 Å². The van der Waals surface area contributed by atoms with E-state index < -0.39 is 10.1 Å². The van der Waals surface area contributed by atoms with Crippen molar-refractivity contribution in [3.8, 4) is 10.6 Å². The summed E-state index contributed by atoms with van der Waals surface area (Å²) < 4.78 is 33.1. The molecule has 2 aromatic heterocycles. The Kier molecular flexibility index (Phi) is 6.47. The largest absolute Gasteiger partial charge is 1.00 e. The number of rotatable bonds is 4. The van der Waals surface area contributed by atoms with Crippen LogP contribution in [0, 0.1) is 0 Å². The fourth-order valence-electron chi connectivity index (χ4n) is 2.77. The van der Waals surface area contributed by atoms with Gasteiger partial charge in [-0.15, -0.1) is 21.6 Å². The third-order valence-electron chi connectivity index (χ3n) is 4.10. The number of anilines is 1. The van der Waals surface area contributed by atoms with Gasteiger partial charge in [-0.2, -0.15) is 8.42 Å². The molecule has 0 aliphatic rings. The molecule has 0 amide bonds. The van der Waals surface area contributed by atoms with Crippen LogP contribution in [0.5, 0.6) is 0 Å². The Balaban J connectivity index is 0.00000160. The first-order valence-corrected chi connectivity index (χ1v) is 10.5. The fraction of sp³-hybridized carbons (Fsp3) is 0. The van der Waals surface area contributed by atoms with E-state index in [2.05, 4.69) is 15.2 Å². The van der Waals surface area contributed by atoms with Crippen molar-refractivity contribution in [3.63, 3.8) is 0 Å². The van der Waals surface area contributed by atoms with Gasteiger partial charge in [-0.05, 0) is 29.6 Å². The molecule has 0 unspecified atom stereocenters. The van der Waals surface area contributed by atoms with Crippen LogP contribution in [0.4, 0.5) is 17.1 Å². The average molecular weight is 434 g/mol. The van der Waals surface area contributed by atoms with E-state index in [1.165, 1.54) is 6.07 Å². The molecule has 0 saturated heterocycles.